The summed E-state index contributed by atoms with van der Waals surface area (Å²) in [5, 5.41) is 10.6. The summed E-state index contributed by atoms with van der Waals surface area (Å²) >= 11 is 0. The summed E-state index contributed by atoms with van der Waals surface area (Å²) in [7, 11) is 0. The number of carbonyl (C=O) groups excluding carboxylic acids is 1. The molecule has 0 aliphatic carbocycles. The van der Waals surface area contributed by atoms with Crippen LogP contribution in [0.4, 0.5) is 14.5 Å². The van der Waals surface area contributed by atoms with Gasteiger partial charge in [-0.15, -0.1) is 5.10 Å². The number of ether oxygens (including phenoxy) is 1. The maximum atomic E-state index is 12.3. The average molecular weight is 344 g/mol. The second kappa shape index (κ2) is 7.08. The predicted octanol–water partition coefficient (Wildman–Crippen LogP) is 3.43. The topological polar surface area (TPSA) is 69.0 Å². The summed E-state index contributed by atoms with van der Waals surface area (Å²) in [6.07, 6.45) is 0. The van der Waals surface area contributed by atoms with Crippen LogP contribution in [0.2, 0.25) is 0 Å². The third kappa shape index (κ3) is 3.79. The maximum Gasteiger partial charge on any atom is 0.387 e. The van der Waals surface area contributed by atoms with E-state index in [4.69, 9.17) is 0 Å². The van der Waals surface area contributed by atoms with Gasteiger partial charge in [0.1, 0.15) is 5.75 Å². The van der Waals surface area contributed by atoms with Gasteiger partial charge in [0, 0.05) is 5.69 Å². The van der Waals surface area contributed by atoms with Gasteiger partial charge in [-0.05, 0) is 43.3 Å². The number of aromatic nitrogens is 3. The van der Waals surface area contributed by atoms with Gasteiger partial charge >= 0.3 is 6.61 Å². The molecule has 0 aliphatic rings. The van der Waals surface area contributed by atoms with E-state index in [9.17, 15) is 13.6 Å². The lowest BCUT2D eigenvalue weighted by Crippen LogP contribution is -2.14. The Bertz CT molecular complexity index is 864. The molecule has 2 aromatic carbocycles. The molecule has 0 spiro atoms. The number of alkyl halides is 2. The predicted molar refractivity (Wildman–Crippen MR) is 87.1 cm³/mol. The van der Waals surface area contributed by atoms with Crippen molar-refractivity contribution in [2.45, 2.75) is 13.5 Å². The number of anilines is 1. The van der Waals surface area contributed by atoms with E-state index >= 15 is 0 Å². The lowest BCUT2D eigenvalue weighted by Gasteiger charge is -2.07. The molecule has 0 saturated heterocycles. The number of rotatable bonds is 5. The van der Waals surface area contributed by atoms with Gasteiger partial charge in [-0.1, -0.05) is 23.4 Å². The summed E-state index contributed by atoms with van der Waals surface area (Å²) in [6, 6.07) is 14.9. The lowest BCUT2D eigenvalue weighted by molar-refractivity contribution is -0.0498. The van der Waals surface area contributed by atoms with Gasteiger partial charge in [0.05, 0.1) is 11.4 Å². The van der Waals surface area contributed by atoms with Crippen molar-refractivity contribution in [3.8, 4) is 11.4 Å². The molecule has 0 unspecified atom stereocenters. The highest BCUT2D eigenvalue weighted by Crippen LogP contribution is 2.19. The minimum atomic E-state index is -2.88. The SMILES string of the molecule is Cc1c(C(=O)Nc2ccccc2)nnn1-c1ccc(OC(F)F)cc1. The van der Waals surface area contributed by atoms with Crippen molar-refractivity contribution in [2.24, 2.45) is 0 Å². The smallest absolute Gasteiger partial charge is 0.387 e. The molecule has 3 aromatic rings. The van der Waals surface area contributed by atoms with Crippen LogP contribution in [0.1, 0.15) is 16.2 Å². The standard InChI is InChI=1S/C17H14F2N4O2/c1-11-15(16(24)20-12-5-3-2-4-6-12)21-22-23(11)13-7-9-14(10-8-13)25-17(18)19/h2-10,17H,1H3,(H,20,24). The zero-order chi connectivity index (χ0) is 17.8. The molecule has 0 bridgehead atoms. The molecular weight excluding hydrogens is 330 g/mol. The quantitative estimate of drug-likeness (QED) is 0.770. The van der Waals surface area contributed by atoms with Crippen molar-refractivity contribution in [1.29, 1.82) is 0 Å². The Hall–Kier alpha value is -3.29. The summed E-state index contributed by atoms with van der Waals surface area (Å²) in [4.78, 5) is 12.3. The molecule has 1 aromatic heterocycles. The molecule has 3 rings (SSSR count). The number of hydrogen-bond donors (Lipinski definition) is 1. The minimum absolute atomic E-state index is 0.0403. The Kier molecular flexibility index (Phi) is 4.69. The van der Waals surface area contributed by atoms with Crippen molar-refractivity contribution in [3.05, 3.63) is 66.0 Å². The molecule has 6 nitrogen and oxygen atoms in total. The third-order valence-electron chi connectivity index (χ3n) is 3.45. The first-order chi connectivity index (χ1) is 12.0. The number of carbonyl (C=O) groups is 1. The van der Waals surface area contributed by atoms with Crippen LogP contribution in [0, 0.1) is 6.92 Å². The van der Waals surface area contributed by atoms with E-state index in [0.717, 1.165) is 0 Å². The number of amides is 1. The van der Waals surface area contributed by atoms with Crippen molar-refractivity contribution in [2.75, 3.05) is 5.32 Å². The van der Waals surface area contributed by atoms with E-state index < -0.39 is 6.61 Å². The average Bonchev–Trinajstić information content (AvgIpc) is 2.98. The van der Waals surface area contributed by atoms with Gasteiger partial charge < -0.3 is 10.1 Å². The maximum absolute atomic E-state index is 12.3. The zero-order valence-electron chi connectivity index (χ0n) is 13.2. The summed E-state index contributed by atoms with van der Waals surface area (Å²) in [6.45, 7) is -1.18. The van der Waals surface area contributed by atoms with Gasteiger partial charge in [0.15, 0.2) is 5.69 Å². The molecule has 0 radical (unpaired) electrons. The fourth-order valence-electron chi connectivity index (χ4n) is 2.26. The second-order valence-electron chi connectivity index (χ2n) is 5.13. The number of nitrogens with zero attached hydrogens (tertiary/aromatic N) is 3. The molecule has 0 fully saturated rings. The monoisotopic (exact) mass is 344 g/mol. The van der Waals surface area contributed by atoms with E-state index in [1.165, 1.54) is 16.8 Å². The number of nitrogens with one attached hydrogen (secondary N) is 1. The molecule has 0 atom stereocenters. The fraction of sp³-hybridized carbons (Fsp3) is 0.118. The van der Waals surface area contributed by atoms with Crippen LogP contribution in [0.25, 0.3) is 5.69 Å². The third-order valence-corrected chi connectivity index (χ3v) is 3.45. The molecule has 0 saturated carbocycles. The van der Waals surface area contributed by atoms with Crippen molar-refractivity contribution in [3.63, 3.8) is 0 Å². The fourth-order valence-corrected chi connectivity index (χ4v) is 2.26. The van der Waals surface area contributed by atoms with Gasteiger partial charge in [-0.3, -0.25) is 4.79 Å². The highest BCUT2D eigenvalue weighted by Gasteiger charge is 2.17. The van der Waals surface area contributed by atoms with Crippen LogP contribution in [0.5, 0.6) is 5.75 Å². The number of para-hydroxylation sites is 1. The van der Waals surface area contributed by atoms with Gasteiger partial charge in [-0.2, -0.15) is 8.78 Å². The number of benzene rings is 2. The van der Waals surface area contributed by atoms with Crippen LogP contribution in [-0.2, 0) is 0 Å². The molecule has 1 N–H and O–H groups in total. The van der Waals surface area contributed by atoms with Crippen molar-refractivity contribution < 1.29 is 18.3 Å². The zero-order valence-corrected chi connectivity index (χ0v) is 13.2. The molecule has 1 amide bonds. The summed E-state index contributed by atoms with van der Waals surface area (Å²) in [5.74, 6) is -0.342. The Morgan fingerprint density at radius 3 is 2.44 bits per heavy atom. The first-order valence-electron chi connectivity index (χ1n) is 7.38. The molecule has 1 heterocycles. The van der Waals surface area contributed by atoms with Crippen LogP contribution in [-0.4, -0.2) is 27.5 Å². The molecule has 128 valence electrons. The van der Waals surface area contributed by atoms with Crippen LogP contribution in [0.15, 0.2) is 54.6 Å². The minimum Gasteiger partial charge on any atom is -0.435 e. The molecule has 0 aliphatic heterocycles. The van der Waals surface area contributed by atoms with E-state index in [1.807, 2.05) is 18.2 Å². The Labute approximate surface area is 142 Å². The Balaban J connectivity index is 1.80. The first kappa shape index (κ1) is 16.6. The van der Waals surface area contributed by atoms with Gasteiger partial charge in [-0.25, -0.2) is 4.68 Å². The van der Waals surface area contributed by atoms with E-state index in [1.54, 1.807) is 31.2 Å². The molecule has 25 heavy (non-hydrogen) atoms. The normalized spacial score (nSPS) is 10.7. The van der Waals surface area contributed by atoms with E-state index in [-0.39, 0.29) is 17.4 Å². The van der Waals surface area contributed by atoms with Crippen LogP contribution < -0.4 is 10.1 Å². The van der Waals surface area contributed by atoms with Crippen molar-refractivity contribution in [1.82, 2.24) is 15.0 Å². The highest BCUT2D eigenvalue weighted by molar-refractivity contribution is 6.03. The van der Waals surface area contributed by atoms with E-state index in [2.05, 4.69) is 20.4 Å². The van der Waals surface area contributed by atoms with Gasteiger partial charge in [0.25, 0.3) is 5.91 Å². The first-order valence-corrected chi connectivity index (χ1v) is 7.38. The van der Waals surface area contributed by atoms with E-state index in [0.29, 0.717) is 17.1 Å². The van der Waals surface area contributed by atoms with Crippen molar-refractivity contribution >= 4 is 11.6 Å². The van der Waals surface area contributed by atoms with Crippen LogP contribution in [0.3, 0.4) is 0 Å². The largest absolute Gasteiger partial charge is 0.435 e. The summed E-state index contributed by atoms with van der Waals surface area (Å²) in [5.41, 5.74) is 1.92. The van der Waals surface area contributed by atoms with Gasteiger partial charge in [0.2, 0.25) is 0 Å². The molecule has 8 heteroatoms. The Morgan fingerprint density at radius 2 is 1.80 bits per heavy atom. The number of halogens is 2. The summed E-state index contributed by atoms with van der Waals surface area (Å²) < 4.78 is 30.1. The Morgan fingerprint density at radius 1 is 1.12 bits per heavy atom. The lowest BCUT2D eigenvalue weighted by atomic mass is 10.2. The number of hydrogen-bond acceptors (Lipinski definition) is 4. The molecular formula is C17H14F2N4O2. The second-order valence-corrected chi connectivity index (χ2v) is 5.13. The van der Waals surface area contributed by atoms with Crippen LogP contribution >= 0.6 is 0 Å². The highest BCUT2D eigenvalue weighted by atomic mass is 19.3.